The molecule has 1 aromatic carbocycles. The summed E-state index contributed by atoms with van der Waals surface area (Å²) in [6.45, 7) is 3.18. The number of methoxy groups -OCH3 is 1. The fourth-order valence-electron chi connectivity index (χ4n) is 3.12. The van der Waals surface area contributed by atoms with Crippen LogP contribution in [0.2, 0.25) is 0 Å². The number of nitrogens with zero attached hydrogens (tertiary/aromatic N) is 1. The van der Waals surface area contributed by atoms with E-state index in [0.29, 0.717) is 30.9 Å². The average molecular weight is 383 g/mol. The van der Waals surface area contributed by atoms with Crippen molar-refractivity contribution in [3.8, 4) is 5.75 Å². The number of hydrogen-bond donors (Lipinski definition) is 1. The van der Waals surface area contributed by atoms with Gasteiger partial charge in [-0.3, -0.25) is 4.79 Å². The summed E-state index contributed by atoms with van der Waals surface area (Å²) in [6.07, 6.45) is 7.17. The highest BCUT2D eigenvalue weighted by atomic mass is 32.2. The third-order valence-electron chi connectivity index (χ3n) is 4.66. The highest BCUT2D eigenvalue weighted by Crippen LogP contribution is 2.30. The normalized spacial score (nSPS) is 16.1. The van der Waals surface area contributed by atoms with E-state index in [-0.39, 0.29) is 10.8 Å². The lowest BCUT2D eigenvalue weighted by Crippen LogP contribution is -2.32. The molecule has 1 aliphatic rings. The van der Waals surface area contributed by atoms with Crippen molar-refractivity contribution in [3.63, 3.8) is 0 Å². The minimum absolute atomic E-state index is 0.124. The Hall–Kier alpha value is -1.60. The van der Waals surface area contributed by atoms with Crippen LogP contribution >= 0.6 is 0 Å². The molecular weight excluding hydrogens is 352 g/mol. The standard InChI is InChI=1S/C19H30N2O4S/c1-3-4-7-10-19(22)20-17-15-16(11-12-18(17)25-2)26(23,24)21-13-8-5-6-9-14-21/h11-12,15H,3-10,13-14H2,1-2H3,(H,20,22). The molecule has 26 heavy (non-hydrogen) atoms. The van der Waals surface area contributed by atoms with Crippen LogP contribution in [0, 0.1) is 0 Å². The Balaban J connectivity index is 2.20. The molecule has 146 valence electrons. The molecule has 1 amide bonds. The highest BCUT2D eigenvalue weighted by molar-refractivity contribution is 7.89. The summed E-state index contributed by atoms with van der Waals surface area (Å²) in [5, 5.41) is 2.80. The molecule has 7 heteroatoms. The van der Waals surface area contributed by atoms with Crippen LogP contribution < -0.4 is 10.1 Å². The van der Waals surface area contributed by atoms with Crippen molar-refractivity contribution in [3.05, 3.63) is 18.2 Å². The Morgan fingerprint density at radius 1 is 1.15 bits per heavy atom. The summed E-state index contributed by atoms with van der Waals surface area (Å²) in [5.74, 6) is 0.338. The van der Waals surface area contributed by atoms with E-state index in [1.807, 2.05) is 0 Å². The van der Waals surface area contributed by atoms with E-state index < -0.39 is 10.0 Å². The van der Waals surface area contributed by atoms with Gasteiger partial charge < -0.3 is 10.1 Å². The van der Waals surface area contributed by atoms with Crippen LogP contribution in [0.4, 0.5) is 5.69 Å². The maximum absolute atomic E-state index is 13.0. The molecule has 1 aromatic rings. The molecule has 1 aliphatic heterocycles. The molecule has 1 heterocycles. The van der Waals surface area contributed by atoms with Crippen molar-refractivity contribution < 1.29 is 17.9 Å². The maximum atomic E-state index is 13.0. The quantitative estimate of drug-likeness (QED) is 0.694. The number of sulfonamides is 1. The number of hydrogen-bond acceptors (Lipinski definition) is 4. The highest BCUT2D eigenvalue weighted by Gasteiger charge is 2.26. The largest absolute Gasteiger partial charge is 0.495 e. The lowest BCUT2D eigenvalue weighted by atomic mass is 10.2. The van der Waals surface area contributed by atoms with Crippen LogP contribution in [0.25, 0.3) is 0 Å². The Labute approximate surface area is 157 Å². The monoisotopic (exact) mass is 382 g/mol. The summed E-state index contributed by atoms with van der Waals surface area (Å²) in [6, 6.07) is 4.66. The van der Waals surface area contributed by atoms with Crippen molar-refractivity contribution in [2.75, 3.05) is 25.5 Å². The smallest absolute Gasteiger partial charge is 0.243 e. The summed E-state index contributed by atoms with van der Waals surface area (Å²) < 4.78 is 32.8. The molecule has 0 saturated carbocycles. The van der Waals surface area contributed by atoms with E-state index in [4.69, 9.17) is 4.74 Å². The number of ether oxygens (including phenoxy) is 1. The van der Waals surface area contributed by atoms with E-state index >= 15 is 0 Å². The second-order valence-electron chi connectivity index (χ2n) is 6.69. The summed E-state index contributed by atoms with van der Waals surface area (Å²) in [7, 11) is -2.06. The average Bonchev–Trinajstić information content (AvgIpc) is 2.92. The Kier molecular flexibility index (Phi) is 7.90. The molecule has 0 bridgehead atoms. The minimum atomic E-state index is -3.56. The summed E-state index contributed by atoms with van der Waals surface area (Å²) >= 11 is 0. The van der Waals surface area contributed by atoms with Crippen molar-refractivity contribution in [2.24, 2.45) is 0 Å². The second-order valence-corrected chi connectivity index (χ2v) is 8.62. The predicted octanol–water partition coefficient (Wildman–Crippen LogP) is 3.78. The number of carbonyl (C=O) groups is 1. The van der Waals surface area contributed by atoms with Gasteiger partial charge in [-0.15, -0.1) is 0 Å². The first-order valence-corrected chi connectivity index (χ1v) is 10.9. The van der Waals surface area contributed by atoms with Gasteiger partial charge in [-0.25, -0.2) is 8.42 Å². The number of unbranched alkanes of at least 4 members (excludes halogenated alkanes) is 2. The SMILES string of the molecule is CCCCCC(=O)Nc1cc(S(=O)(=O)N2CCCCCC2)ccc1OC. The molecule has 1 N–H and O–H groups in total. The van der Waals surface area contributed by atoms with Gasteiger partial charge in [0.15, 0.2) is 0 Å². The first-order chi connectivity index (χ1) is 12.5. The zero-order chi connectivity index (χ0) is 19.0. The number of carbonyl (C=O) groups excluding carboxylic acids is 1. The van der Waals surface area contributed by atoms with Crippen LogP contribution in [0.5, 0.6) is 5.75 Å². The number of benzene rings is 1. The third kappa shape index (κ3) is 5.45. The van der Waals surface area contributed by atoms with Crippen LogP contribution in [-0.4, -0.2) is 38.8 Å². The van der Waals surface area contributed by atoms with Gasteiger partial charge in [0.25, 0.3) is 0 Å². The summed E-state index contributed by atoms with van der Waals surface area (Å²) in [5.41, 5.74) is 0.407. The zero-order valence-corrected chi connectivity index (χ0v) is 16.6. The molecular formula is C19H30N2O4S. The van der Waals surface area contributed by atoms with Crippen molar-refractivity contribution in [2.45, 2.75) is 63.2 Å². The van der Waals surface area contributed by atoms with E-state index in [1.54, 1.807) is 16.4 Å². The molecule has 0 atom stereocenters. The molecule has 0 spiro atoms. The topological polar surface area (TPSA) is 75.7 Å². The van der Waals surface area contributed by atoms with Crippen LogP contribution in [-0.2, 0) is 14.8 Å². The molecule has 0 aromatic heterocycles. The molecule has 1 saturated heterocycles. The van der Waals surface area contributed by atoms with E-state index in [2.05, 4.69) is 12.2 Å². The van der Waals surface area contributed by atoms with E-state index in [9.17, 15) is 13.2 Å². The molecule has 6 nitrogen and oxygen atoms in total. The van der Waals surface area contributed by atoms with Crippen LogP contribution in [0.3, 0.4) is 0 Å². The van der Waals surface area contributed by atoms with Crippen molar-refractivity contribution in [1.82, 2.24) is 4.31 Å². The lowest BCUT2D eigenvalue weighted by Gasteiger charge is -2.21. The molecule has 0 unspecified atom stereocenters. The zero-order valence-electron chi connectivity index (χ0n) is 15.8. The number of rotatable bonds is 8. The van der Waals surface area contributed by atoms with Crippen molar-refractivity contribution in [1.29, 1.82) is 0 Å². The number of amides is 1. The van der Waals surface area contributed by atoms with Gasteiger partial charge in [-0.1, -0.05) is 32.6 Å². The van der Waals surface area contributed by atoms with Crippen molar-refractivity contribution >= 4 is 21.6 Å². The van der Waals surface area contributed by atoms with Gasteiger partial charge >= 0.3 is 0 Å². The maximum Gasteiger partial charge on any atom is 0.243 e. The fraction of sp³-hybridized carbons (Fsp3) is 0.632. The molecule has 2 rings (SSSR count). The van der Waals surface area contributed by atoms with E-state index in [1.165, 1.54) is 13.2 Å². The van der Waals surface area contributed by atoms with Gasteiger partial charge in [0.2, 0.25) is 15.9 Å². The van der Waals surface area contributed by atoms with Gasteiger partial charge in [0.1, 0.15) is 5.75 Å². The Morgan fingerprint density at radius 3 is 2.46 bits per heavy atom. The van der Waals surface area contributed by atoms with Gasteiger partial charge in [0.05, 0.1) is 17.7 Å². The second kappa shape index (κ2) is 9.92. The van der Waals surface area contributed by atoms with Crippen LogP contribution in [0.15, 0.2) is 23.1 Å². The van der Waals surface area contributed by atoms with Crippen LogP contribution in [0.1, 0.15) is 58.3 Å². The Morgan fingerprint density at radius 2 is 1.85 bits per heavy atom. The number of nitrogens with one attached hydrogen (secondary N) is 1. The Bertz CT molecular complexity index is 695. The van der Waals surface area contributed by atoms with E-state index in [0.717, 1.165) is 44.9 Å². The van der Waals surface area contributed by atoms with Gasteiger partial charge in [-0.05, 0) is 37.5 Å². The third-order valence-corrected chi connectivity index (χ3v) is 6.55. The summed E-state index contributed by atoms with van der Waals surface area (Å²) in [4.78, 5) is 12.3. The lowest BCUT2D eigenvalue weighted by molar-refractivity contribution is -0.116. The molecule has 0 aliphatic carbocycles. The van der Waals surface area contributed by atoms with Gasteiger partial charge in [0, 0.05) is 19.5 Å². The molecule has 1 fully saturated rings. The first kappa shape index (κ1) is 20.7. The van der Waals surface area contributed by atoms with Gasteiger partial charge in [-0.2, -0.15) is 4.31 Å². The predicted molar refractivity (Wildman–Crippen MR) is 103 cm³/mol. The first-order valence-electron chi connectivity index (χ1n) is 9.47. The molecule has 0 radical (unpaired) electrons. The number of anilines is 1. The minimum Gasteiger partial charge on any atom is -0.495 e. The fourth-order valence-corrected chi connectivity index (χ4v) is 4.67.